The van der Waals surface area contributed by atoms with Gasteiger partial charge in [0.2, 0.25) is 0 Å². The van der Waals surface area contributed by atoms with Gasteiger partial charge in [0.05, 0.1) is 17.6 Å². The third-order valence-corrected chi connectivity index (χ3v) is 4.19. The van der Waals surface area contributed by atoms with Crippen molar-refractivity contribution in [2.45, 2.75) is 31.8 Å². The molecule has 0 saturated heterocycles. The smallest absolute Gasteiger partial charge is 0.328 e. The van der Waals surface area contributed by atoms with Crippen LogP contribution in [0.3, 0.4) is 0 Å². The summed E-state index contributed by atoms with van der Waals surface area (Å²) >= 11 is 1.61. The average Bonchev–Trinajstić information content (AvgIpc) is 2.52. The number of benzene rings is 1. The summed E-state index contributed by atoms with van der Waals surface area (Å²) in [6, 6.07) is 8.32. The summed E-state index contributed by atoms with van der Waals surface area (Å²) in [4.78, 5) is 5.41. The van der Waals surface area contributed by atoms with Crippen molar-refractivity contribution in [1.29, 1.82) is 0 Å². The summed E-state index contributed by atoms with van der Waals surface area (Å²) < 4.78 is 11.3. The molecule has 5 heteroatoms. The molecular weight excluding hydrogens is 296 g/mol. The highest BCUT2D eigenvalue weighted by molar-refractivity contribution is 8.03. The van der Waals surface area contributed by atoms with Gasteiger partial charge in [-0.2, -0.15) is 4.79 Å². The zero-order valence-corrected chi connectivity index (χ0v) is 13.9. The molecule has 0 bridgehead atoms. The first-order chi connectivity index (χ1) is 10.7. The van der Waals surface area contributed by atoms with Crippen molar-refractivity contribution in [3.05, 3.63) is 58.2 Å². The Morgan fingerprint density at radius 2 is 1.91 bits per heavy atom. The second-order valence-electron chi connectivity index (χ2n) is 4.79. The Balaban J connectivity index is 2.29. The summed E-state index contributed by atoms with van der Waals surface area (Å²) in [5, 5.41) is 0. The van der Waals surface area contributed by atoms with Crippen LogP contribution < -0.4 is 0 Å². The van der Waals surface area contributed by atoms with Crippen molar-refractivity contribution in [3.8, 4) is 0 Å². The Morgan fingerprint density at radius 3 is 2.50 bits per heavy atom. The van der Waals surface area contributed by atoms with Gasteiger partial charge in [0, 0.05) is 11.5 Å². The summed E-state index contributed by atoms with van der Waals surface area (Å²) in [6.45, 7) is 7.00. The van der Waals surface area contributed by atoms with Crippen LogP contribution in [-0.4, -0.2) is 29.8 Å². The molecule has 1 aromatic rings. The molecule has 22 heavy (non-hydrogen) atoms. The fraction of sp³-hybridized carbons (Fsp3) is 0.353. The second kappa shape index (κ2) is 7.99. The monoisotopic (exact) mass is 316 g/mol. The first-order valence-electron chi connectivity index (χ1n) is 7.32. The number of aryl methyl sites for hydroxylation is 1. The van der Waals surface area contributed by atoms with Crippen LogP contribution in [0.4, 0.5) is 0 Å². The fourth-order valence-electron chi connectivity index (χ4n) is 2.08. The number of thioether (sulfide) groups is 1. The highest BCUT2D eigenvalue weighted by atomic mass is 32.2. The summed E-state index contributed by atoms with van der Waals surface area (Å²) in [7, 11) is 0. The maximum atomic E-state index is 9.15. The third kappa shape index (κ3) is 4.10. The van der Waals surface area contributed by atoms with Crippen LogP contribution in [0.5, 0.6) is 0 Å². The largest absolute Gasteiger partial charge is 0.492 e. The lowest BCUT2D eigenvalue weighted by atomic mass is 10.1. The highest BCUT2D eigenvalue weighted by Gasteiger charge is 2.28. The minimum atomic E-state index is -0.354. The molecule has 0 N–H and O–H groups in total. The molecule has 0 heterocycles. The van der Waals surface area contributed by atoms with Crippen LogP contribution >= 0.6 is 11.8 Å². The Kier molecular flexibility index (Phi) is 6.01. The lowest BCUT2D eigenvalue weighted by Gasteiger charge is -2.19. The van der Waals surface area contributed by atoms with Crippen molar-refractivity contribution in [3.63, 3.8) is 0 Å². The second-order valence-corrected chi connectivity index (χ2v) is 5.90. The van der Waals surface area contributed by atoms with Crippen molar-refractivity contribution >= 4 is 17.5 Å². The van der Waals surface area contributed by atoms with Crippen LogP contribution in [0.25, 0.3) is 5.53 Å². The van der Waals surface area contributed by atoms with E-state index in [9.17, 15) is 0 Å². The van der Waals surface area contributed by atoms with Gasteiger partial charge in [-0.1, -0.05) is 29.5 Å². The van der Waals surface area contributed by atoms with Crippen LogP contribution in [0.1, 0.15) is 19.4 Å². The predicted molar refractivity (Wildman–Crippen MR) is 88.9 cm³/mol. The number of rotatable bonds is 6. The molecule has 0 amide bonds. The molecule has 0 radical (unpaired) electrons. The van der Waals surface area contributed by atoms with Crippen LogP contribution in [0.15, 0.2) is 52.0 Å². The van der Waals surface area contributed by atoms with Gasteiger partial charge >= 0.3 is 5.71 Å². The van der Waals surface area contributed by atoms with E-state index in [1.54, 1.807) is 17.8 Å². The van der Waals surface area contributed by atoms with E-state index < -0.39 is 0 Å². The number of hydrogen-bond acceptors (Lipinski definition) is 3. The van der Waals surface area contributed by atoms with E-state index in [4.69, 9.17) is 15.0 Å². The Hall–Kier alpha value is -1.81. The number of hydrogen-bond donors (Lipinski definition) is 0. The summed E-state index contributed by atoms with van der Waals surface area (Å²) in [6.07, 6.45) is 3.32. The SMILES string of the molecule is CCOC1=CC(=[N+]=[N-])C(OCC)C=C1Sc1ccc(C)cc1. The fourth-order valence-corrected chi connectivity index (χ4v) is 3.01. The van der Waals surface area contributed by atoms with Gasteiger partial charge < -0.3 is 15.0 Å². The lowest BCUT2D eigenvalue weighted by Crippen LogP contribution is -2.25. The molecule has 0 fully saturated rings. The molecular formula is C17H20N2O2S. The summed E-state index contributed by atoms with van der Waals surface area (Å²) in [5.74, 6) is 0.705. The average molecular weight is 316 g/mol. The van der Waals surface area contributed by atoms with Gasteiger partial charge in [0.15, 0.2) is 6.10 Å². The molecule has 0 spiro atoms. The molecule has 2 rings (SSSR count). The van der Waals surface area contributed by atoms with Crippen molar-refractivity contribution in [2.75, 3.05) is 13.2 Å². The molecule has 1 aromatic carbocycles. The van der Waals surface area contributed by atoms with Gasteiger partial charge in [0.25, 0.3) is 0 Å². The quantitative estimate of drug-likeness (QED) is 0.589. The molecule has 4 nitrogen and oxygen atoms in total. The van der Waals surface area contributed by atoms with E-state index in [1.807, 2.05) is 19.9 Å². The predicted octanol–water partition coefficient (Wildman–Crippen LogP) is 3.98. The molecule has 0 aromatic heterocycles. The zero-order chi connectivity index (χ0) is 15.9. The maximum absolute atomic E-state index is 9.15. The van der Waals surface area contributed by atoms with E-state index >= 15 is 0 Å². The Morgan fingerprint density at radius 1 is 1.18 bits per heavy atom. The van der Waals surface area contributed by atoms with Crippen LogP contribution in [0, 0.1) is 6.92 Å². The van der Waals surface area contributed by atoms with Gasteiger partial charge in [-0.05, 0) is 39.0 Å². The number of nitrogens with zero attached hydrogens (tertiary/aromatic N) is 2. The van der Waals surface area contributed by atoms with Crippen LogP contribution in [-0.2, 0) is 9.47 Å². The third-order valence-electron chi connectivity index (χ3n) is 3.13. The normalized spacial score (nSPS) is 17.6. The van der Waals surface area contributed by atoms with E-state index in [0.29, 0.717) is 24.7 Å². The zero-order valence-electron chi connectivity index (χ0n) is 13.1. The highest BCUT2D eigenvalue weighted by Crippen LogP contribution is 2.35. The topological polar surface area (TPSA) is 54.9 Å². The minimum absolute atomic E-state index is 0.354. The standard InChI is InChI=1S/C17H20N2O2S/c1-4-20-15-11-17(16(21-5-2)10-14(15)19-18)22-13-8-6-12(3)7-9-13/h6-11,15H,4-5H2,1-3H3. The molecule has 0 saturated carbocycles. The van der Waals surface area contributed by atoms with Crippen molar-refractivity contribution in [1.82, 2.24) is 0 Å². The first kappa shape index (κ1) is 16.6. The molecule has 116 valence electrons. The minimum Gasteiger partial charge on any atom is -0.492 e. The van der Waals surface area contributed by atoms with Gasteiger partial charge in [-0.15, -0.1) is 0 Å². The molecule has 1 atom stereocenters. The van der Waals surface area contributed by atoms with Gasteiger partial charge in [-0.25, -0.2) is 0 Å². The first-order valence-corrected chi connectivity index (χ1v) is 8.14. The Labute approximate surface area is 135 Å². The van der Waals surface area contributed by atoms with E-state index in [0.717, 1.165) is 9.80 Å². The van der Waals surface area contributed by atoms with E-state index in [1.165, 1.54) is 5.56 Å². The van der Waals surface area contributed by atoms with Gasteiger partial charge in [-0.3, -0.25) is 0 Å². The van der Waals surface area contributed by atoms with Gasteiger partial charge in [0.1, 0.15) is 5.76 Å². The summed E-state index contributed by atoms with van der Waals surface area (Å²) in [5.41, 5.74) is 10.8. The van der Waals surface area contributed by atoms with E-state index in [2.05, 4.69) is 36.0 Å². The van der Waals surface area contributed by atoms with E-state index in [-0.39, 0.29) is 6.10 Å². The van der Waals surface area contributed by atoms with Crippen LogP contribution in [0.2, 0.25) is 0 Å². The molecule has 1 aliphatic carbocycles. The number of ether oxygens (including phenoxy) is 2. The maximum Gasteiger partial charge on any atom is 0.328 e. The molecule has 0 aliphatic heterocycles. The van der Waals surface area contributed by atoms with Crippen molar-refractivity contribution in [2.24, 2.45) is 0 Å². The molecule has 1 unspecified atom stereocenters. The molecule has 1 aliphatic rings. The Bertz CT molecular complexity index is 629. The van der Waals surface area contributed by atoms with Crippen molar-refractivity contribution < 1.29 is 14.3 Å². The lowest BCUT2D eigenvalue weighted by molar-refractivity contribution is -0.0221.